The Bertz CT molecular complexity index is 642. The number of hydrogen-bond acceptors (Lipinski definition) is 4. The Balaban J connectivity index is 1.68. The lowest BCUT2D eigenvalue weighted by atomic mass is 10.1. The maximum absolute atomic E-state index is 9.36. The molecule has 2 aromatic rings. The second-order valence-corrected chi connectivity index (χ2v) is 6.70. The van der Waals surface area contributed by atoms with E-state index in [1.54, 1.807) is 11.8 Å². The number of ether oxygens (including phenoxy) is 1. The van der Waals surface area contributed by atoms with E-state index < -0.39 is 0 Å². The first kappa shape index (κ1) is 16.4. The number of fused-ring (bicyclic) bond motifs is 1. The van der Waals surface area contributed by atoms with Crippen LogP contribution in [0.5, 0.6) is 5.75 Å². The van der Waals surface area contributed by atoms with Gasteiger partial charge < -0.3 is 9.84 Å². The molecule has 1 heterocycles. The van der Waals surface area contributed by atoms with Crippen molar-refractivity contribution >= 4 is 11.8 Å². The van der Waals surface area contributed by atoms with Crippen LogP contribution in [0.4, 0.5) is 0 Å². The van der Waals surface area contributed by atoms with Gasteiger partial charge in [-0.3, -0.25) is 4.90 Å². The van der Waals surface area contributed by atoms with E-state index in [4.69, 9.17) is 4.74 Å². The molecule has 122 valence electrons. The summed E-state index contributed by atoms with van der Waals surface area (Å²) in [5.41, 5.74) is 3.86. The van der Waals surface area contributed by atoms with Crippen LogP contribution in [-0.2, 0) is 19.5 Å². The van der Waals surface area contributed by atoms with Gasteiger partial charge in [0, 0.05) is 31.0 Å². The Morgan fingerprint density at radius 2 is 1.83 bits per heavy atom. The van der Waals surface area contributed by atoms with Gasteiger partial charge in [0.15, 0.2) is 0 Å². The summed E-state index contributed by atoms with van der Waals surface area (Å²) in [5.74, 6) is 1.02. The number of benzene rings is 2. The largest absolute Gasteiger partial charge is 0.493 e. The molecule has 0 aromatic heterocycles. The first-order chi connectivity index (χ1) is 11.3. The number of thioether (sulfide) groups is 1. The highest BCUT2D eigenvalue weighted by Crippen LogP contribution is 2.26. The van der Waals surface area contributed by atoms with Gasteiger partial charge in [-0.2, -0.15) is 0 Å². The van der Waals surface area contributed by atoms with Gasteiger partial charge in [-0.25, -0.2) is 0 Å². The SMILES string of the molecule is CSc1ccc(CN(CCO)Cc2ccc3c(c2)CCO3)cc1. The molecular formula is C19H23NO2S. The number of aliphatic hydroxyl groups excluding tert-OH is 1. The summed E-state index contributed by atoms with van der Waals surface area (Å²) in [6, 6.07) is 15.1. The first-order valence-corrected chi connectivity index (χ1v) is 9.21. The van der Waals surface area contributed by atoms with Gasteiger partial charge in [0.2, 0.25) is 0 Å². The number of rotatable bonds is 7. The molecule has 4 heteroatoms. The van der Waals surface area contributed by atoms with Crippen molar-refractivity contribution in [3.8, 4) is 5.75 Å². The van der Waals surface area contributed by atoms with Crippen molar-refractivity contribution in [3.63, 3.8) is 0 Å². The molecule has 0 spiro atoms. The molecule has 2 aromatic carbocycles. The summed E-state index contributed by atoms with van der Waals surface area (Å²) in [5, 5.41) is 9.36. The van der Waals surface area contributed by atoms with Crippen LogP contribution in [0, 0.1) is 0 Å². The van der Waals surface area contributed by atoms with Crippen molar-refractivity contribution in [2.24, 2.45) is 0 Å². The molecule has 1 N–H and O–H groups in total. The third-order valence-electron chi connectivity index (χ3n) is 4.14. The average molecular weight is 329 g/mol. The van der Waals surface area contributed by atoms with E-state index in [2.05, 4.69) is 53.6 Å². The summed E-state index contributed by atoms with van der Waals surface area (Å²) in [6.45, 7) is 3.34. The summed E-state index contributed by atoms with van der Waals surface area (Å²) in [4.78, 5) is 3.56. The number of hydrogen-bond donors (Lipinski definition) is 1. The van der Waals surface area contributed by atoms with Crippen LogP contribution in [-0.4, -0.2) is 36.0 Å². The van der Waals surface area contributed by atoms with Crippen molar-refractivity contribution in [2.45, 2.75) is 24.4 Å². The van der Waals surface area contributed by atoms with Crippen molar-refractivity contribution in [1.82, 2.24) is 4.90 Å². The molecule has 0 atom stereocenters. The van der Waals surface area contributed by atoms with Crippen LogP contribution >= 0.6 is 11.8 Å². The molecule has 0 unspecified atom stereocenters. The van der Waals surface area contributed by atoms with E-state index >= 15 is 0 Å². The minimum absolute atomic E-state index is 0.178. The maximum atomic E-state index is 9.36. The van der Waals surface area contributed by atoms with Crippen LogP contribution in [0.2, 0.25) is 0 Å². The van der Waals surface area contributed by atoms with Gasteiger partial charge in [-0.1, -0.05) is 24.3 Å². The fourth-order valence-electron chi connectivity index (χ4n) is 2.94. The Kier molecular flexibility index (Phi) is 5.60. The van der Waals surface area contributed by atoms with Gasteiger partial charge in [-0.05, 0) is 41.1 Å². The third-order valence-corrected chi connectivity index (χ3v) is 4.89. The van der Waals surface area contributed by atoms with Crippen molar-refractivity contribution < 1.29 is 9.84 Å². The van der Waals surface area contributed by atoms with Crippen LogP contribution < -0.4 is 4.74 Å². The molecule has 0 amide bonds. The molecular weight excluding hydrogens is 306 g/mol. The zero-order valence-electron chi connectivity index (χ0n) is 13.5. The molecule has 0 bridgehead atoms. The molecule has 0 saturated heterocycles. The molecule has 1 aliphatic rings. The van der Waals surface area contributed by atoms with E-state index in [0.717, 1.165) is 31.9 Å². The van der Waals surface area contributed by atoms with E-state index in [0.29, 0.717) is 6.54 Å². The molecule has 0 saturated carbocycles. The lowest BCUT2D eigenvalue weighted by Crippen LogP contribution is -2.26. The quantitative estimate of drug-likeness (QED) is 0.790. The van der Waals surface area contributed by atoms with Gasteiger partial charge >= 0.3 is 0 Å². The first-order valence-electron chi connectivity index (χ1n) is 7.99. The van der Waals surface area contributed by atoms with Crippen molar-refractivity contribution in [3.05, 3.63) is 59.2 Å². The zero-order chi connectivity index (χ0) is 16.1. The summed E-state index contributed by atoms with van der Waals surface area (Å²) in [7, 11) is 0. The highest BCUT2D eigenvalue weighted by molar-refractivity contribution is 7.98. The standard InChI is InChI=1S/C19H23NO2S/c1-23-18-5-2-15(3-6-18)13-20(9-10-21)14-16-4-7-19-17(12-16)8-11-22-19/h2-7,12,21H,8-11,13-14H2,1H3. The van der Waals surface area contributed by atoms with E-state index in [1.807, 2.05) is 0 Å². The summed E-state index contributed by atoms with van der Waals surface area (Å²) in [6.07, 6.45) is 3.09. The topological polar surface area (TPSA) is 32.7 Å². The fraction of sp³-hybridized carbons (Fsp3) is 0.368. The molecule has 1 aliphatic heterocycles. The number of aliphatic hydroxyl groups is 1. The third kappa shape index (κ3) is 4.28. The zero-order valence-corrected chi connectivity index (χ0v) is 14.3. The smallest absolute Gasteiger partial charge is 0.122 e. The fourth-order valence-corrected chi connectivity index (χ4v) is 3.35. The minimum Gasteiger partial charge on any atom is -0.493 e. The van der Waals surface area contributed by atoms with Gasteiger partial charge in [-0.15, -0.1) is 11.8 Å². The number of nitrogens with zero attached hydrogens (tertiary/aromatic N) is 1. The summed E-state index contributed by atoms with van der Waals surface area (Å²) >= 11 is 1.76. The van der Waals surface area contributed by atoms with Crippen LogP contribution in [0.25, 0.3) is 0 Å². The van der Waals surface area contributed by atoms with Gasteiger partial charge in [0.05, 0.1) is 13.2 Å². The maximum Gasteiger partial charge on any atom is 0.122 e. The molecule has 0 aliphatic carbocycles. The summed E-state index contributed by atoms with van der Waals surface area (Å²) < 4.78 is 5.57. The molecule has 3 rings (SSSR count). The predicted molar refractivity (Wildman–Crippen MR) is 95.1 cm³/mol. The van der Waals surface area contributed by atoms with Crippen LogP contribution in [0.3, 0.4) is 0 Å². The van der Waals surface area contributed by atoms with Gasteiger partial charge in [0.1, 0.15) is 5.75 Å². The van der Waals surface area contributed by atoms with E-state index in [-0.39, 0.29) is 6.61 Å². The normalized spacial score (nSPS) is 13.2. The molecule has 0 fully saturated rings. The lowest BCUT2D eigenvalue weighted by molar-refractivity contribution is 0.184. The highest BCUT2D eigenvalue weighted by Gasteiger charge is 2.13. The Labute approximate surface area is 142 Å². The monoisotopic (exact) mass is 329 g/mol. The second kappa shape index (κ2) is 7.86. The average Bonchev–Trinajstić information content (AvgIpc) is 3.03. The van der Waals surface area contributed by atoms with E-state index in [9.17, 15) is 5.11 Å². The molecule has 3 nitrogen and oxygen atoms in total. The Morgan fingerprint density at radius 1 is 1.09 bits per heavy atom. The molecule has 23 heavy (non-hydrogen) atoms. The Morgan fingerprint density at radius 3 is 2.57 bits per heavy atom. The van der Waals surface area contributed by atoms with Crippen LogP contribution in [0.1, 0.15) is 16.7 Å². The lowest BCUT2D eigenvalue weighted by Gasteiger charge is -2.22. The predicted octanol–water partition coefficient (Wildman–Crippen LogP) is 3.34. The van der Waals surface area contributed by atoms with Crippen molar-refractivity contribution in [1.29, 1.82) is 0 Å². The molecule has 0 radical (unpaired) electrons. The van der Waals surface area contributed by atoms with E-state index in [1.165, 1.54) is 21.6 Å². The van der Waals surface area contributed by atoms with Crippen molar-refractivity contribution in [2.75, 3.05) is 26.0 Å². The highest BCUT2D eigenvalue weighted by atomic mass is 32.2. The minimum atomic E-state index is 0.178. The van der Waals surface area contributed by atoms with Crippen LogP contribution in [0.15, 0.2) is 47.4 Å². The second-order valence-electron chi connectivity index (χ2n) is 5.82. The Hall–Kier alpha value is -1.49. The van der Waals surface area contributed by atoms with Gasteiger partial charge in [0.25, 0.3) is 0 Å².